The molecule has 2 aromatic rings. The van der Waals surface area contributed by atoms with Gasteiger partial charge in [0.25, 0.3) is 5.91 Å². The highest BCUT2D eigenvalue weighted by Crippen LogP contribution is 2.32. The van der Waals surface area contributed by atoms with E-state index in [0.29, 0.717) is 42.5 Å². The zero-order chi connectivity index (χ0) is 18.7. The number of hydrogen-bond donors (Lipinski definition) is 1. The van der Waals surface area contributed by atoms with E-state index in [0.717, 1.165) is 11.4 Å². The van der Waals surface area contributed by atoms with Gasteiger partial charge in [0.15, 0.2) is 0 Å². The molecule has 6 heteroatoms. The molecule has 138 valence electrons. The lowest BCUT2D eigenvalue weighted by Gasteiger charge is -2.37. The van der Waals surface area contributed by atoms with Gasteiger partial charge in [-0.3, -0.25) is 4.79 Å². The molecule has 0 aromatic heterocycles. The molecule has 5 nitrogen and oxygen atoms in total. The summed E-state index contributed by atoms with van der Waals surface area (Å²) in [6.45, 7) is 6.62. The van der Waals surface area contributed by atoms with Gasteiger partial charge in [0, 0.05) is 31.7 Å². The molecule has 0 radical (unpaired) electrons. The molecule has 0 spiro atoms. The molecule has 0 unspecified atom stereocenters. The van der Waals surface area contributed by atoms with Gasteiger partial charge in [0.05, 0.1) is 22.5 Å². The van der Waals surface area contributed by atoms with Crippen LogP contribution in [0.4, 0.5) is 11.4 Å². The number of benzene rings is 2. The second kappa shape index (κ2) is 7.87. The zero-order valence-electron chi connectivity index (χ0n) is 15.1. The van der Waals surface area contributed by atoms with Gasteiger partial charge in [-0.25, -0.2) is 0 Å². The van der Waals surface area contributed by atoms with Crippen molar-refractivity contribution in [1.82, 2.24) is 4.90 Å². The number of halogens is 1. The van der Waals surface area contributed by atoms with Crippen molar-refractivity contribution in [3.8, 4) is 5.75 Å². The number of amides is 1. The van der Waals surface area contributed by atoms with Crippen molar-refractivity contribution in [2.75, 3.05) is 36.8 Å². The molecule has 26 heavy (non-hydrogen) atoms. The molecule has 2 N–H and O–H groups in total. The highest BCUT2D eigenvalue weighted by Gasteiger charge is 2.24. The monoisotopic (exact) mass is 373 g/mol. The van der Waals surface area contributed by atoms with Gasteiger partial charge in [0.2, 0.25) is 0 Å². The van der Waals surface area contributed by atoms with E-state index in [4.69, 9.17) is 22.1 Å². The number of anilines is 2. The first-order valence-corrected chi connectivity index (χ1v) is 9.18. The van der Waals surface area contributed by atoms with Crippen molar-refractivity contribution in [2.24, 2.45) is 0 Å². The Bertz CT molecular complexity index is 749. The van der Waals surface area contributed by atoms with Crippen LogP contribution in [0.15, 0.2) is 42.5 Å². The van der Waals surface area contributed by atoms with Gasteiger partial charge in [-0.05, 0) is 50.2 Å². The molecule has 0 aliphatic carbocycles. The number of nitrogen functional groups attached to an aromatic ring is 1. The molecule has 1 fully saturated rings. The first kappa shape index (κ1) is 18.4. The number of para-hydroxylation sites is 1. The first-order chi connectivity index (χ1) is 12.5. The Morgan fingerprint density at radius 2 is 1.73 bits per heavy atom. The predicted octanol–water partition coefficient (Wildman–Crippen LogP) is 3.67. The normalized spacial score (nSPS) is 14.6. The van der Waals surface area contributed by atoms with Gasteiger partial charge in [-0.1, -0.05) is 17.7 Å². The second-order valence-corrected chi connectivity index (χ2v) is 7.06. The number of piperazine rings is 1. The SMILES string of the molecule is CC(C)Oc1ccc(C(=O)N2CCN(c3c(N)cccc3Cl)CC2)cc1. The van der Waals surface area contributed by atoms with E-state index in [1.807, 2.05) is 61.2 Å². The Labute approximate surface area is 159 Å². The van der Waals surface area contributed by atoms with Crippen LogP contribution in [-0.4, -0.2) is 43.1 Å². The standard InChI is InChI=1S/C20H24ClN3O2/c1-14(2)26-16-8-6-15(7-9-16)20(25)24-12-10-23(11-13-24)19-17(21)4-3-5-18(19)22/h3-9,14H,10-13,22H2,1-2H3. The van der Waals surface area contributed by atoms with Gasteiger partial charge >= 0.3 is 0 Å². The minimum absolute atomic E-state index is 0.0351. The number of carbonyl (C=O) groups is 1. The van der Waals surface area contributed by atoms with Crippen LogP contribution < -0.4 is 15.4 Å². The number of hydrogen-bond acceptors (Lipinski definition) is 4. The van der Waals surface area contributed by atoms with E-state index in [1.165, 1.54) is 0 Å². The molecular formula is C20H24ClN3O2. The highest BCUT2D eigenvalue weighted by atomic mass is 35.5. The second-order valence-electron chi connectivity index (χ2n) is 6.65. The molecule has 1 aliphatic heterocycles. The first-order valence-electron chi connectivity index (χ1n) is 8.80. The Morgan fingerprint density at radius 3 is 2.31 bits per heavy atom. The van der Waals surface area contributed by atoms with Crippen molar-refractivity contribution < 1.29 is 9.53 Å². The zero-order valence-corrected chi connectivity index (χ0v) is 15.9. The van der Waals surface area contributed by atoms with Gasteiger partial charge in [-0.2, -0.15) is 0 Å². The molecule has 2 aromatic carbocycles. The molecule has 0 atom stereocenters. The summed E-state index contributed by atoms with van der Waals surface area (Å²) < 4.78 is 5.62. The van der Waals surface area contributed by atoms with Gasteiger partial charge < -0.3 is 20.3 Å². The average molecular weight is 374 g/mol. The number of rotatable bonds is 4. The lowest BCUT2D eigenvalue weighted by atomic mass is 10.1. The van der Waals surface area contributed by atoms with E-state index in [1.54, 1.807) is 0 Å². The van der Waals surface area contributed by atoms with Crippen LogP contribution in [0, 0.1) is 0 Å². The molecule has 0 bridgehead atoms. The number of nitrogens with zero attached hydrogens (tertiary/aromatic N) is 2. The van der Waals surface area contributed by atoms with Crippen LogP contribution in [0.1, 0.15) is 24.2 Å². The summed E-state index contributed by atoms with van der Waals surface area (Å²) in [5.41, 5.74) is 8.26. The number of ether oxygens (including phenoxy) is 1. The third-order valence-corrected chi connectivity index (χ3v) is 4.68. The molecule has 1 heterocycles. The third-order valence-electron chi connectivity index (χ3n) is 4.37. The fourth-order valence-electron chi connectivity index (χ4n) is 3.13. The highest BCUT2D eigenvalue weighted by molar-refractivity contribution is 6.34. The number of carbonyl (C=O) groups excluding carboxylic acids is 1. The van der Waals surface area contributed by atoms with E-state index in [2.05, 4.69) is 4.90 Å². The third kappa shape index (κ3) is 4.05. The maximum absolute atomic E-state index is 12.7. The largest absolute Gasteiger partial charge is 0.491 e. The fourth-order valence-corrected chi connectivity index (χ4v) is 3.43. The van der Waals surface area contributed by atoms with Crippen LogP contribution in [0.2, 0.25) is 5.02 Å². The van der Waals surface area contributed by atoms with Gasteiger partial charge in [-0.15, -0.1) is 0 Å². The Kier molecular flexibility index (Phi) is 5.57. The lowest BCUT2D eigenvalue weighted by molar-refractivity contribution is 0.0747. The van der Waals surface area contributed by atoms with E-state index in [-0.39, 0.29) is 12.0 Å². The topological polar surface area (TPSA) is 58.8 Å². The molecule has 1 amide bonds. The molecule has 1 saturated heterocycles. The quantitative estimate of drug-likeness (QED) is 0.831. The summed E-state index contributed by atoms with van der Waals surface area (Å²) in [4.78, 5) is 16.7. The molecule has 3 rings (SSSR count). The van der Waals surface area contributed by atoms with E-state index >= 15 is 0 Å². The van der Waals surface area contributed by atoms with Crippen molar-refractivity contribution >= 4 is 28.9 Å². The summed E-state index contributed by atoms with van der Waals surface area (Å²) in [7, 11) is 0. The predicted molar refractivity (Wildman–Crippen MR) is 106 cm³/mol. The van der Waals surface area contributed by atoms with Crippen LogP contribution in [0.5, 0.6) is 5.75 Å². The maximum Gasteiger partial charge on any atom is 0.253 e. The Balaban J connectivity index is 1.63. The molecule has 1 aliphatic rings. The van der Waals surface area contributed by atoms with Crippen LogP contribution in [0.3, 0.4) is 0 Å². The summed E-state index contributed by atoms with van der Waals surface area (Å²) in [6.07, 6.45) is 0.113. The Hall–Kier alpha value is -2.40. The average Bonchev–Trinajstić information content (AvgIpc) is 2.62. The summed E-state index contributed by atoms with van der Waals surface area (Å²) in [6, 6.07) is 12.8. The van der Waals surface area contributed by atoms with Crippen molar-refractivity contribution in [3.05, 3.63) is 53.1 Å². The maximum atomic E-state index is 12.7. The fraction of sp³-hybridized carbons (Fsp3) is 0.350. The van der Waals surface area contributed by atoms with Crippen molar-refractivity contribution in [3.63, 3.8) is 0 Å². The molecular weight excluding hydrogens is 350 g/mol. The minimum Gasteiger partial charge on any atom is -0.491 e. The van der Waals surface area contributed by atoms with Gasteiger partial charge in [0.1, 0.15) is 5.75 Å². The van der Waals surface area contributed by atoms with Crippen LogP contribution in [0.25, 0.3) is 0 Å². The smallest absolute Gasteiger partial charge is 0.253 e. The Morgan fingerprint density at radius 1 is 1.08 bits per heavy atom. The minimum atomic E-state index is 0.0351. The summed E-state index contributed by atoms with van der Waals surface area (Å²) in [5.74, 6) is 0.809. The summed E-state index contributed by atoms with van der Waals surface area (Å²) in [5, 5.41) is 0.644. The van der Waals surface area contributed by atoms with Crippen LogP contribution in [-0.2, 0) is 0 Å². The van der Waals surface area contributed by atoms with E-state index < -0.39 is 0 Å². The number of nitrogens with two attached hydrogens (primary N) is 1. The lowest BCUT2D eigenvalue weighted by Crippen LogP contribution is -2.49. The van der Waals surface area contributed by atoms with Crippen LogP contribution >= 0.6 is 11.6 Å². The molecule has 0 saturated carbocycles. The van der Waals surface area contributed by atoms with Crippen molar-refractivity contribution in [2.45, 2.75) is 20.0 Å². The van der Waals surface area contributed by atoms with E-state index in [9.17, 15) is 4.79 Å². The summed E-state index contributed by atoms with van der Waals surface area (Å²) >= 11 is 6.29. The van der Waals surface area contributed by atoms with Crippen molar-refractivity contribution in [1.29, 1.82) is 0 Å².